The Morgan fingerprint density at radius 3 is 2.60 bits per heavy atom. The van der Waals surface area contributed by atoms with Crippen molar-refractivity contribution in [3.05, 3.63) is 41.7 Å². The lowest BCUT2D eigenvalue weighted by molar-refractivity contribution is -0.141. The molecule has 3 aromatic rings. The number of alkyl halides is 3. The van der Waals surface area contributed by atoms with E-state index in [2.05, 4.69) is 19.9 Å². The average Bonchev–Trinajstić information content (AvgIpc) is 2.80. The Kier molecular flexibility index (Phi) is 2.82. The quantitative estimate of drug-likeness (QED) is 0.648. The molecule has 0 amide bonds. The Labute approximate surface area is 115 Å². The smallest absolute Gasteiger partial charge is 0.282 e. The van der Waals surface area contributed by atoms with Crippen molar-refractivity contribution in [2.75, 3.05) is 0 Å². The van der Waals surface area contributed by atoms with E-state index in [1.54, 1.807) is 6.07 Å². The van der Waals surface area contributed by atoms with E-state index in [0.717, 1.165) is 6.07 Å². The van der Waals surface area contributed by atoms with Gasteiger partial charge in [0.05, 0.1) is 17.6 Å². The molecular weight excluding hydrogens is 295 g/mol. The Bertz CT molecular complexity index is 783. The summed E-state index contributed by atoms with van der Waals surface area (Å²) in [4.78, 5) is 15.0. The maximum atomic E-state index is 12.6. The molecule has 0 N–H and O–H groups in total. The fourth-order valence-corrected chi connectivity index (χ4v) is 1.84. The highest BCUT2D eigenvalue weighted by atomic mass is 35.5. The van der Waals surface area contributed by atoms with Crippen molar-refractivity contribution in [3.8, 4) is 11.4 Å². The van der Waals surface area contributed by atoms with Crippen LogP contribution in [0.15, 0.2) is 30.7 Å². The van der Waals surface area contributed by atoms with Gasteiger partial charge in [-0.2, -0.15) is 13.2 Å². The number of nitrogens with zero attached hydrogens (tertiary/aromatic N) is 5. The van der Waals surface area contributed by atoms with E-state index >= 15 is 0 Å². The first kappa shape index (κ1) is 12.8. The van der Waals surface area contributed by atoms with Crippen LogP contribution in [0.4, 0.5) is 13.2 Å². The Morgan fingerprint density at radius 1 is 1.10 bits per heavy atom. The number of aromatic nitrogens is 5. The van der Waals surface area contributed by atoms with E-state index in [9.17, 15) is 13.2 Å². The molecule has 0 aromatic carbocycles. The predicted molar refractivity (Wildman–Crippen MR) is 64.0 cm³/mol. The molecule has 0 radical (unpaired) electrons. The Morgan fingerprint density at radius 2 is 1.90 bits per heavy atom. The van der Waals surface area contributed by atoms with Gasteiger partial charge in [-0.1, -0.05) is 0 Å². The van der Waals surface area contributed by atoms with Crippen molar-refractivity contribution >= 4 is 17.4 Å². The minimum atomic E-state index is -4.51. The SMILES string of the molecule is FC(F)(F)c1ccn2c(-c3ccnc(Cl)n3)cnc2n1. The monoisotopic (exact) mass is 299 g/mol. The third kappa shape index (κ3) is 2.18. The van der Waals surface area contributed by atoms with Gasteiger partial charge in [-0.3, -0.25) is 4.40 Å². The molecule has 0 atom stereocenters. The summed E-state index contributed by atoms with van der Waals surface area (Å²) < 4.78 is 39.1. The molecule has 5 nitrogen and oxygen atoms in total. The molecule has 0 aliphatic heterocycles. The Hall–Kier alpha value is -2.22. The summed E-state index contributed by atoms with van der Waals surface area (Å²) in [6.45, 7) is 0. The summed E-state index contributed by atoms with van der Waals surface area (Å²) in [5.41, 5.74) is -0.0764. The van der Waals surface area contributed by atoms with E-state index < -0.39 is 11.9 Å². The maximum Gasteiger partial charge on any atom is 0.433 e. The lowest BCUT2D eigenvalue weighted by Crippen LogP contribution is -2.09. The molecule has 0 spiro atoms. The molecule has 9 heteroatoms. The third-order valence-corrected chi connectivity index (χ3v) is 2.74. The summed E-state index contributed by atoms with van der Waals surface area (Å²) >= 11 is 5.68. The molecular formula is C11H5ClF3N5. The lowest BCUT2D eigenvalue weighted by atomic mass is 10.3. The van der Waals surface area contributed by atoms with Crippen LogP contribution >= 0.6 is 11.6 Å². The van der Waals surface area contributed by atoms with Crippen LogP contribution in [0, 0.1) is 0 Å². The van der Waals surface area contributed by atoms with E-state index in [1.165, 1.54) is 23.0 Å². The van der Waals surface area contributed by atoms with Crippen LogP contribution in [0.2, 0.25) is 5.28 Å². The maximum absolute atomic E-state index is 12.6. The molecule has 102 valence electrons. The van der Waals surface area contributed by atoms with Gasteiger partial charge in [0.1, 0.15) is 5.69 Å². The number of hydrogen-bond acceptors (Lipinski definition) is 4. The van der Waals surface area contributed by atoms with Gasteiger partial charge >= 0.3 is 6.18 Å². The second kappa shape index (κ2) is 4.41. The first-order chi connectivity index (χ1) is 9.45. The van der Waals surface area contributed by atoms with Gasteiger partial charge in [-0.25, -0.2) is 19.9 Å². The van der Waals surface area contributed by atoms with Gasteiger partial charge < -0.3 is 0 Å². The second-order valence-corrected chi connectivity index (χ2v) is 4.17. The van der Waals surface area contributed by atoms with Crippen LogP contribution in [-0.2, 0) is 6.18 Å². The molecule has 0 saturated carbocycles. The van der Waals surface area contributed by atoms with Crippen molar-refractivity contribution in [2.45, 2.75) is 6.18 Å². The van der Waals surface area contributed by atoms with Gasteiger partial charge in [-0.15, -0.1) is 0 Å². The largest absolute Gasteiger partial charge is 0.433 e. The summed E-state index contributed by atoms with van der Waals surface area (Å²) in [5.74, 6) is -0.0652. The molecule has 0 saturated heterocycles. The number of imidazole rings is 1. The molecule has 0 aliphatic carbocycles. The number of rotatable bonds is 1. The highest BCUT2D eigenvalue weighted by molar-refractivity contribution is 6.28. The van der Waals surface area contributed by atoms with Gasteiger partial charge in [0.15, 0.2) is 0 Å². The average molecular weight is 300 g/mol. The standard InChI is InChI=1S/C11H5ClF3N5/c12-9-16-3-1-6(18-9)7-5-17-10-19-8(11(13,14)15)2-4-20(7)10/h1-5H. The van der Waals surface area contributed by atoms with Crippen molar-refractivity contribution < 1.29 is 13.2 Å². The molecule has 20 heavy (non-hydrogen) atoms. The van der Waals surface area contributed by atoms with Gasteiger partial charge in [0, 0.05) is 12.4 Å². The van der Waals surface area contributed by atoms with Crippen LogP contribution < -0.4 is 0 Å². The minimum absolute atomic E-state index is 0.0392. The predicted octanol–water partition coefficient (Wildman–Crippen LogP) is 2.86. The van der Waals surface area contributed by atoms with Gasteiger partial charge in [0.2, 0.25) is 11.1 Å². The normalized spacial score (nSPS) is 12.0. The van der Waals surface area contributed by atoms with Crippen LogP contribution in [0.1, 0.15) is 5.69 Å². The zero-order valence-corrected chi connectivity index (χ0v) is 10.4. The summed E-state index contributed by atoms with van der Waals surface area (Å²) in [5, 5.41) is 0.0392. The van der Waals surface area contributed by atoms with E-state index in [-0.39, 0.29) is 11.1 Å². The zero-order chi connectivity index (χ0) is 14.3. The van der Waals surface area contributed by atoms with Crippen LogP contribution in [-0.4, -0.2) is 24.3 Å². The van der Waals surface area contributed by atoms with Crippen molar-refractivity contribution in [2.24, 2.45) is 0 Å². The summed E-state index contributed by atoms with van der Waals surface area (Å²) in [6.07, 6.45) is -0.446. The summed E-state index contributed by atoms with van der Waals surface area (Å²) in [6, 6.07) is 2.45. The van der Waals surface area contributed by atoms with Crippen LogP contribution in [0.25, 0.3) is 17.2 Å². The molecule has 0 fully saturated rings. The molecule has 0 aliphatic rings. The molecule has 0 unspecified atom stereocenters. The number of halogens is 4. The highest BCUT2D eigenvalue weighted by Crippen LogP contribution is 2.28. The van der Waals surface area contributed by atoms with Gasteiger partial charge in [-0.05, 0) is 23.7 Å². The topological polar surface area (TPSA) is 56.0 Å². The molecule has 0 bridgehead atoms. The highest BCUT2D eigenvalue weighted by Gasteiger charge is 2.33. The fraction of sp³-hybridized carbons (Fsp3) is 0.0909. The summed E-state index contributed by atoms with van der Waals surface area (Å²) in [7, 11) is 0. The number of hydrogen-bond donors (Lipinski definition) is 0. The van der Waals surface area contributed by atoms with E-state index in [0.29, 0.717) is 11.4 Å². The fourth-order valence-electron chi connectivity index (χ4n) is 1.70. The Balaban J connectivity index is 2.15. The lowest BCUT2D eigenvalue weighted by Gasteiger charge is -2.06. The van der Waals surface area contributed by atoms with Crippen LogP contribution in [0.3, 0.4) is 0 Å². The number of fused-ring (bicyclic) bond motifs is 1. The third-order valence-electron chi connectivity index (χ3n) is 2.56. The van der Waals surface area contributed by atoms with E-state index in [4.69, 9.17) is 11.6 Å². The van der Waals surface area contributed by atoms with Gasteiger partial charge in [0.25, 0.3) is 0 Å². The molecule has 3 heterocycles. The van der Waals surface area contributed by atoms with Crippen molar-refractivity contribution in [3.63, 3.8) is 0 Å². The van der Waals surface area contributed by atoms with Crippen molar-refractivity contribution in [1.29, 1.82) is 0 Å². The first-order valence-corrected chi connectivity index (χ1v) is 5.73. The second-order valence-electron chi connectivity index (χ2n) is 3.83. The van der Waals surface area contributed by atoms with Crippen LogP contribution in [0.5, 0.6) is 0 Å². The minimum Gasteiger partial charge on any atom is -0.282 e. The first-order valence-electron chi connectivity index (χ1n) is 5.35. The van der Waals surface area contributed by atoms with E-state index in [1.807, 2.05) is 0 Å². The molecule has 3 aromatic heterocycles. The zero-order valence-electron chi connectivity index (χ0n) is 9.63. The van der Waals surface area contributed by atoms with Crippen molar-refractivity contribution in [1.82, 2.24) is 24.3 Å². The molecule has 3 rings (SSSR count).